The van der Waals surface area contributed by atoms with Gasteiger partial charge in [0.1, 0.15) is 0 Å². The van der Waals surface area contributed by atoms with Crippen LogP contribution in [-0.2, 0) is 0 Å². The summed E-state index contributed by atoms with van der Waals surface area (Å²) >= 11 is 2.14. The third-order valence-corrected chi connectivity index (χ3v) is 6.28. The van der Waals surface area contributed by atoms with Gasteiger partial charge in [-0.3, -0.25) is 0 Å². The fourth-order valence-corrected chi connectivity index (χ4v) is 5.33. The van der Waals surface area contributed by atoms with Crippen LogP contribution in [0, 0.1) is 11.8 Å². The van der Waals surface area contributed by atoms with Crippen molar-refractivity contribution in [2.24, 2.45) is 11.8 Å². The molecular formula is C15H27NS. The van der Waals surface area contributed by atoms with E-state index in [9.17, 15) is 0 Å². The summed E-state index contributed by atoms with van der Waals surface area (Å²) in [6.45, 7) is 0. The largest absolute Gasteiger partial charge is 0.311 e. The molecule has 0 radical (unpaired) electrons. The standard InChI is InChI=1S/C15H27NS/c1-2-4-13-11-15(6-5-12(13)3-1)16-14-7-9-17-10-8-14/h12-16H,1-11H2. The Hall–Kier alpha value is 0.310. The lowest BCUT2D eigenvalue weighted by atomic mass is 9.69. The first-order valence-corrected chi connectivity index (χ1v) is 8.91. The van der Waals surface area contributed by atoms with Gasteiger partial charge >= 0.3 is 0 Å². The Balaban J connectivity index is 1.48. The zero-order valence-electron chi connectivity index (χ0n) is 11.0. The molecule has 3 rings (SSSR count). The van der Waals surface area contributed by atoms with Crippen LogP contribution in [0.25, 0.3) is 0 Å². The van der Waals surface area contributed by atoms with Gasteiger partial charge in [0.15, 0.2) is 0 Å². The molecule has 0 bridgehead atoms. The van der Waals surface area contributed by atoms with Gasteiger partial charge in [0, 0.05) is 12.1 Å². The van der Waals surface area contributed by atoms with Crippen molar-refractivity contribution >= 4 is 11.8 Å². The Morgan fingerprint density at radius 3 is 2.29 bits per heavy atom. The second-order valence-electron chi connectivity index (χ2n) is 6.37. The van der Waals surface area contributed by atoms with E-state index in [4.69, 9.17) is 0 Å². The Morgan fingerprint density at radius 1 is 0.706 bits per heavy atom. The zero-order chi connectivity index (χ0) is 11.5. The molecule has 98 valence electrons. The first-order valence-electron chi connectivity index (χ1n) is 7.75. The van der Waals surface area contributed by atoms with E-state index in [1.807, 2.05) is 0 Å². The predicted molar refractivity (Wildman–Crippen MR) is 76.6 cm³/mol. The van der Waals surface area contributed by atoms with Crippen LogP contribution >= 0.6 is 11.8 Å². The summed E-state index contributed by atoms with van der Waals surface area (Å²) in [5, 5.41) is 3.98. The third kappa shape index (κ3) is 3.20. The second-order valence-corrected chi connectivity index (χ2v) is 7.59. The molecule has 0 aromatic heterocycles. The molecular weight excluding hydrogens is 226 g/mol. The van der Waals surface area contributed by atoms with Gasteiger partial charge in [-0.2, -0.15) is 11.8 Å². The molecule has 1 heterocycles. The average Bonchev–Trinajstić information content (AvgIpc) is 2.40. The maximum absolute atomic E-state index is 3.98. The Morgan fingerprint density at radius 2 is 1.47 bits per heavy atom. The smallest absolute Gasteiger partial charge is 0.00853 e. The number of rotatable bonds is 2. The lowest BCUT2D eigenvalue weighted by Crippen LogP contribution is -2.44. The van der Waals surface area contributed by atoms with E-state index in [0.29, 0.717) is 0 Å². The molecule has 0 amide bonds. The molecule has 3 aliphatic rings. The maximum atomic E-state index is 3.98. The van der Waals surface area contributed by atoms with Crippen molar-refractivity contribution in [1.29, 1.82) is 0 Å². The highest BCUT2D eigenvalue weighted by molar-refractivity contribution is 7.99. The van der Waals surface area contributed by atoms with E-state index < -0.39 is 0 Å². The van der Waals surface area contributed by atoms with Crippen molar-refractivity contribution in [3.05, 3.63) is 0 Å². The quantitative estimate of drug-likeness (QED) is 0.802. The van der Waals surface area contributed by atoms with E-state index in [0.717, 1.165) is 23.9 Å². The molecule has 2 heteroatoms. The molecule has 2 saturated carbocycles. The van der Waals surface area contributed by atoms with Crippen LogP contribution < -0.4 is 5.32 Å². The van der Waals surface area contributed by atoms with E-state index in [-0.39, 0.29) is 0 Å². The van der Waals surface area contributed by atoms with E-state index >= 15 is 0 Å². The van der Waals surface area contributed by atoms with E-state index in [1.165, 1.54) is 69.3 Å². The number of fused-ring (bicyclic) bond motifs is 1. The molecule has 0 aromatic carbocycles. The Labute approximate surface area is 111 Å². The fourth-order valence-electron chi connectivity index (χ4n) is 4.22. The summed E-state index contributed by atoms with van der Waals surface area (Å²) in [5.74, 6) is 4.95. The van der Waals surface area contributed by atoms with Gasteiger partial charge in [-0.05, 0) is 55.4 Å². The lowest BCUT2D eigenvalue weighted by Gasteiger charge is -2.41. The van der Waals surface area contributed by atoms with Crippen LogP contribution in [0.1, 0.15) is 57.8 Å². The van der Waals surface area contributed by atoms with Crippen molar-refractivity contribution in [3.63, 3.8) is 0 Å². The molecule has 17 heavy (non-hydrogen) atoms. The van der Waals surface area contributed by atoms with Crippen molar-refractivity contribution in [2.45, 2.75) is 69.9 Å². The van der Waals surface area contributed by atoms with E-state index in [1.54, 1.807) is 0 Å². The highest BCUT2D eigenvalue weighted by Gasteiger charge is 2.32. The summed E-state index contributed by atoms with van der Waals surface area (Å²) in [6.07, 6.45) is 13.4. The molecule has 1 nitrogen and oxygen atoms in total. The summed E-state index contributed by atoms with van der Waals surface area (Å²) < 4.78 is 0. The highest BCUT2D eigenvalue weighted by atomic mass is 32.2. The van der Waals surface area contributed by atoms with Gasteiger partial charge in [0.2, 0.25) is 0 Å². The SMILES string of the molecule is C1CCC2CC(NC3CCSCC3)CCC2C1. The van der Waals surface area contributed by atoms with Gasteiger partial charge in [0.05, 0.1) is 0 Å². The maximum Gasteiger partial charge on any atom is 0.00853 e. The Kier molecular flexibility index (Phi) is 4.34. The third-order valence-electron chi connectivity index (χ3n) is 5.23. The first-order chi connectivity index (χ1) is 8.42. The van der Waals surface area contributed by atoms with Crippen molar-refractivity contribution in [3.8, 4) is 0 Å². The predicted octanol–water partition coefficient (Wildman–Crippen LogP) is 3.83. The minimum atomic E-state index is 0.849. The van der Waals surface area contributed by atoms with Crippen molar-refractivity contribution < 1.29 is 0 Å². The van der Waals surface area contributed by atoms with E-state index in [2.05, 4.69) is 17.1 Å². The van der Waals surface area contributed by atoms with Crippen LogP contribution in [0.4, 0.5) is 0 Å². The van der Waals surface area contributed by atoms with Gasteiger partial charge < -0.3 is 5.32 Å². The van der Waals surface area contributed by atoms with Crippen molar-refractivity contribution in [1.82, 2.24) is 5.32 Å². The topological polar surface area (TPSA) is 12.0 Å². The summed E-state index contributed by atoms with van der Waals surface area (Å²) in [4.78, 5) is 0. The van der Waals surface area contributed by atoms with Crippen LogP contribution in [0.3, 0.4) is 0 Å². The van der Waals surface area contributed by atoms with Crippen LogP contribution in [0.2, 0.25) is 0 Å². The molecule has 0 spiro atoms. The molecule has 3 atom stereocenters. The highest BCUT2D eigenvalue weighted by Crippen LogP contribution is 2.40. The normalized spacial score (nSPS) is 39.9. The molecule has 0 aromatic rings. The average molecular weight is 253 g/mol. The molecule has 1 N–H and O–H groups in total. The molecule has 1 saturated heterocycles. The van der Waals surface area contributed by atoms with Crippen LogP contribution in [0.5, 0.6) is 0 Å². The van der Waals surface area contributed by atoms with Crippen molar-refractivity contribution in [2.75, 3.05) is 11.5 Å². The lowest BCUT2D eigenvalue weighted by molar-refractivity contribution is 0.137. The van der Waals surface area contributed by atoms with Crippen LogP contribution in [0.15, 0.2) is 0 Å². The summed E-state index contributed by atoms with van der Waals surface area (Å²) in [7, 11) is 0. The second kappa shape index (κ2) is 5.97. The minimum absolute atomic E-state index is 0.849. The summed E-state index contributed by atoms with van der Waals surface area (Å²) in [5.41, 5.74) is 0. The molecule has 1 aliphatic heterocycles. The number of hydrogen-bond donors (Lipinski definition) is 1. The summed E-state index contributed by atoms with van der Waals surface area (Å²) in [6, 6.07) is 1.71. The number of thioether (sulfide) groups is 1. The monoisotopic (exact) mass is 253 g/mol. The number of hydrogen-bond acceptors (Lipinski definition) is 2. The molecule has 3 unspecified atom stereocenters. The molecule has 2 aliphatic carbocycles. The first kappa shape index (κ1) is 12.3. The van der Waals surface area contributed by atoms with Gasteiger partial charge in [0.25, 0.3) is 0 Å². The zero-order valence-corrected chi connectivity index (χ0v) is 11.8. The van der Waals surface area contributed by atoms with Gasteiger partial charge in [-0.25, -0.2) is 0 Å². The van der Waals surface area contributed by atoms with Crippen LogP contribution in [-0.4, -0.2) is 23.6 Å². The van der Waals surface area contributed by atoms with Gasteiger partial charge in [-0.1, -0.05) is 25.7 Å². The van der Waals surface area contributed by atoms with Gasteiger partial charge in [-0.15, -0.1) is 0 Å². The Bertz CT molecular complexity index is 235. The number of nitrogens with one attached hydrogen (secondary N) is 1. The fraction of sp³-hybridized carbons (Fsp3) is 1.00. The minimum Gasteiger partial charge on any atom is -0.311 e. The molecule has 3 fully saturated rings.